The van der Waals surface area contributed by atoms with Crippen LogP contribution in [0, 0.1) is 0 Å². The van der Waals surface area contributed by atoms with E-state index in [0.717, 1.165) is 16.5 Å². The Morgan fingerprint density at radius 2 is 2.04 bits per heavy atom. The predicted octanol–water partition coefficient (Wildman–Crippen LogP) is 1.78. The predicted molar refractivity (Wildman–Crippen MR) is 102 cm³/mol. The van der Waals surface area contributed by atoms with Crippen LogP contribution in [0.2, 0.25) is 0 Å². The van der Waals surface area contributed by atoms with Gasteiger partial charge in [-0.2, -0.15) is 0 Å². The molecule has 2 aromatic carbocycles. The Kier molecular flexibility index (Phi) is 4.80. The van der Waals surface area contributed by atoms with E-state index in [0.29, 0.717) is 22.6 Å². The van der Waals surface area contributed by atoms with Crippen LogP contribution >= 0.6 is 0 Å². The van der Waals surface area contributed by atoms with E-state index in [1.807, 2.05) is 23.7 Å². The fourth-order valence-electron chi connectivity index (χ4n) is 3.50. The Morgan fingerprint density at radius 1 is 1.25 bits per heavy atom. The molecule has 0 bridgehead atoms. The van der Waals surface area contributed by atoms with Crippen molar-refractivity contribution < 1.29 is 28.1 Å². The van der Waals surface area contributed by atoms with Gasteiger partial charge in [-0.15, -0.1) is 0 Å². The summed E-state index contributed by atoms with van der Waals surface area (Å²) in [6.45, 7) is 0.0144. The first-order chi connectivity index (χ1) is 13.5. The molecule has 2 heterocycles. The van der Waals surface area contributed by atoms with E-state index in [9.17, 15) is 14.1 Å². The molecule has 2 atom stereocenters. The number of carbonyl (C=O) groups excluding carboxylic acids is 1. The van der Waals surface area contributed by atoms with Gasteiger partial charge in [0.15, 0.2) is 11.5 Å². The van der Waals surface area contributed by atoms with Crippen molar-refractivity contribution in [2.75, 3.05) is 6.79 Å². The summed E-state index contributed by atoms with van der Waals surface area (Å²) in [5.74, 6) is -0.352. The average Bonchev–Trinajstić information content (AvgIpc) is 3.25. The minimum Gasteiger partial charge on any atom is -0.454 e. The molecular weight excluding hydrogens is 384 g/mol. The van der Waals surface area contributed by atoms with Crippen molar-refractivity contribution in [1.29, 1.82) is 0 Å². The van der Waals surface area contributed by atoms with E-state index >= 15 is 0 Å². The molecule has 0 saturated carbocycles. The van der Waals surface area contributed by atoms with Crippen molar-refractivity contribution in [3.8, 4) is 11.5 Å². The molecule has 8 nitrogen and oxygen atoms in total. The van der Waals surface area contributed by atoms with E-state index in [-0.39, 0.29) is 13.4 Å². The van der Waals surface area contributed by atoms with Crippen molar-refractivity contribution in [2.45, 2.75) is 12.5 Å². The molecule has 1 amide bonds. The standard InChI is InChI=1S/C19H18N2O6S/c1-21-8-14(13-4-2-11(9-22)6-15(13)21)18(19(23)20-28(24)25)12-3-5-16-17(7-12)27-10-26-16/h2-8,18,22H,9-10H2,1H3,(H,20,23)(H,24,25). The minimum atomic E-state index is -2.49. The zero-order valence-electron chi connectivity index (χ0n) is 14.9. The molecule has 0 fully saturated rings. The highest BCUT2D eigenvalue weighted by atomic mass is 32.2. The first-order valence-electron chi connectivity index (χ1n) is 8.47. The maximum atomic E-state index is 12.8. The molecule has 4 rings (SSSR count). The smallest absolute Gasteiger partial charge is 0.261 e. The third kappa shape index (κ3) is 3.24. The molecule has 146 valence electrons. The van der Waals surface area contributed by atoms with Crippen molar-refractivity contribution in [3.63, 3.8) is 0 Å². The van der Waals surface area contributed by atoms with Gasteiger partial charge in [-0.1, -0.05) is 18.2 Å². The summed E-state index contributed by atoms with van der Waals surface area (Å²) in [7, 11) is 1.84. The van der Waals surface area contributed by atoms with Gasteiger partial charge in [-0.3, -0.25) is 14.1 Å². The first-order valence-corrected chi connectivity index (χ1v) is 9.58. The maximum absolute atomic E-state index is 12.8. The number of hydrogen-bond acceptors (Lipinski definition) is 5. The first kappa shape index (κ1) is 18.5. The van der Waals surface area contributed by atoms with Gasteiger partial charge >= 0.3 is 0 Å². The van der Waals surface area contributed by atoms with E-state index in [1.165, 1.54) is 0 Å². The third-order valence-corrected chi connectivity index (χ3v) is 5.14. The van der Waals surface area contributed by atoms with Gasteiger partial charge in [0.1, 0.15) is 0 Å². The van der Waals surface area contributed by atoms with Crippen molar-refractivity contribution >= 4 is 28.1 Å². The monoisotopic (exact) mass is 402 g/mol. The lowest BCUT2D eigenvalue weighted by Gasteiger charge is -2.16. The van der Waals surface area contributed by atoms with Crippen LogP contribution in [-0.4, -0.2) is 31.1 Å². The quantitative estimate of drug-likeness (QED) is 0.561. The molecular formula is C19H18N2O6S. The third-order valence-electron chi connectivity index (χ3n) is 4.76. The van der Waals surface area contributed by atoms with Crippen molar-refractivity contribution in [2.24, 2.45) is 7.05 Å². The number of aliphatic hydroxyl groups is 1. The Morgan fingerprint density at radius 3 is 2.79 bits per heavy atom. The molecule has 0 radical (unpaired) electrons. The van der Waals surface area contributed by atoms with Gasteiger partial charge in [0.2, 0.25) is 12.7 Å². The van der Waals surface area contributed by atoms with E-state index < -0.39 is 23.1 Å². The number of rotatable bonds is 5. The van der Waals surface area contributed by atoms with Crippen LogP contribution in [0.25, 0.3) is 10.9 Å². The number of aromatic nitrogens is 1. The number of nitrogens with one attached hydrogen (secondary N) is 1. The normalized spacial score (nSPS) is 14.8. The fraction of sp³-hybridized carbons (Fsp3) is 0.211. The number of amides is 1. The largest absolute Gasteiger partial charge is 0.454 e. The molecule has 3 N–H and O–H groups in total. The van der Waals surface area contributed by atoms with Crippen molar-refractivity contribution in [3.05, 3.63) is 59.3 Å². The number of carbonyl (C=O) groups is 1. The Bertz CT molecular complexity index is 1090. The second-order valence-corrected chi connectivity index (χ2v) is 7.17. The molecule has 1 aliphatic rings. The van der Waals surface area contributed by atoms with E-state index in [4.69, 9.17) is 14.0 Å². The molecule has 0 saturated heterocycles. The van der Waals surface area contributed by atoms with E-state index in [1.54, 1.807) is 30.5 Å². The van der Waals surface area contributed by atoms with Gasteiger partial charge < -0.3 is 19.1 Å². The van der Waals surface area contributed by atoms with Crippen molar-refractivity contribution in [1.82, 2.24) is 9.29 Å². The number of nitrogens with zero attached hydrogens (tertiary/aromatic N) is 1. The maximum Gasteiger partial charge on any atom is 0.261 e. The number of benzene rings is 2. The summed E-state index contributed by atoms with van der Waals surface area (Å²) in [4.78, 5) is 12.8. The zero-order chi connectivity index (χ0) is 19.8. The summed E-state index contributed by atoms with van der Waals surface area (Å²) in [5, 5.41) is 10.2. The Labute approximate surface area is 163 Å². The Hall–Kier alpha value is -2.88. The van der Waals surface area contributed by atoms with Crippen LogP contribution in [0.15, 0.2) is 42.6 Å². The van der Waals surface area contributed by atoms with Crippen LogP contribution < -0.4 is 14.2 Å². The van der Waals surface area contributed by atoms with E-state index in [2.05, 4.69) is 4.72 Å². The zero-order valence-corrected chi connectivity index (χ0v) is 15.7. The SMILES string of the molecule is Cn1cc(C(C(=O)NS(=O)O)c2ccc3c(c2)OCO3)c2ccc(CO)cc21. The molecule has 0 spiro atoms. The highest BCUT2D eigenvalue weighted by molar-refractivity contribution is 7.77. The van der Waals surface area contributed by atoms with Crippen LogP contribution in [0.3, 0.4) is 0 Å². The summed E-state index contributed by atoms with van der Waals surface area (Å²) in [5.41, 5.74) is 2.86. The molecule has 9 heteroatoms. The summed E-state index contributed by atoms with van der Waals surface area (Å²) < 4.78 is 35.1. The fourth-order valence-corrected chi connectivity index (χ4v) is 3.79. The van der Waals surface area contributed by atoms with Crippen LogP contribution in [-0.2, 0) is 29.7 Å². The number of hydrogen-bond donors (Lipinski definition) is 3. The lowest BCUT2D eigenvalue weighted by atomic mass is 9.90. The molecule has 3 aromatic rings. The lowest BCUT2D eigenvalue weighted by molar-refractivity contribution is -0.119. The average molecular weight is 402 g/mol. The summed E-state index contributed by atoms with van der Waals surface area (Å²) in [6, 6.07) is 10.6. The summed E-state index contributed by atoms with van der Waals surface area (Å²) in [6.07, 6.45) is 1.81. The Balaban J connectivity index is 1.87. The number of aliphatic hydroxyl groups excluding tert-OH is 1. The van der Waals surface area contributed by atoms with Gasteiger partial charge in [-0.05, 0) is 34.9 Å². The number of fused-ring (bicyclic) bond motifs is 2. The van der Waals surface area contributed by atoms with Gasteiger partial charge in [0, 0.05) is 24.1 Å². The molecule has 28 heavy (non-hydrogen) atoms. The number of ether oxygens (including phenoxy) is 2. The van der Waals surface area contributed by atoms with Crippen LogP contribution in [0.1, 0.15) is 22.6 Å². The van der Waals surface area contributed by atoms with Gasteiger partial charge in [0.25, 0.3) is 11.3 Å². The van der Waals surface area contributed by atoms with Crippen LogP contribution in [0.4, 0.5) is 0 Å². The topological polar surface area (TPSA) is 110 Å². The number of aryl methyl sites for hydroxylation is 1. The summed E-state index contributed by atoms with van der Waals surface area (Å²) >= 11 is -2.49. The second-order valence-electron chi connectivity index (χ2n) is 6.47. The molecule has 2 unspecified atom stereocenters. The highest BCUT2D eigenvalue weighted by Crippen LogP contribution is 2.38. The lowest BCUT2D eigenvalue weighted by Crippen LogP contribution is -2.31. The second kappa shape index (κ2) is 7.27. The highest BCUT2D eigenvalue weighted by Gasteiger charge is 2.29. The van der Waals surface area contributed by atoms with Gasteiger partial charge in [-0.25, -0.2) is 4.21 Å². The molecule has 1 aliphatic heterocycles. The molecule has 1 aromatic heterocycles. The molecule has 0 aliphatic carbocycles. The van der Waals surface area contributed by atoms with Gasteiger partial charge in [0.05, 0.1) is 12.5 Å². The van der Waals surface area contributed by atoms with Crippen LogP contribution in [0.5, 0.6) is 11.5 Å². The minimum absolute atomic E-state index is 0.0912.